The van der Waals surface area contributed by atoms with E-state index in [4.69, 9.17) is 0 Å². The smallest absolute Gasteiger partial charge is 0.224 e. The zero-order valence-electron chi connectivity index (χ0n) is 12.0. The van der Waals surface area contributed by atoms with Gasteiger partial charge in [-0.05, 0) is 30.0 Å². The maximum absolute atomic E-state index is 11.9. The lowest BCUT2D eigenvalue weighted by atomic mass is 10.2. The van der Waals surface area contributed by atoms with Gasteiger partial charge in [-0.15, -0.1) is 0 Å². The first-order valence-electron chi connectivity index (χ1n) is 6.98. The quantitative estimate of drug-likeness (QED) is 0.848. The third-order valence-electron chi connectivity index (χ3n) is 3.68. The Kier molecular flexibility index (Phi) is 4.71. The van der Waals surface area contributed by atoms with E-state index in [1.807, 2.05) is 12.1 Å². The second-order valence-electron chi connectivity index (χ2n) is 5.47. The van der Waals surface area contributed by atoms with Crippen molar-refractivity contribution in [1.82, 2.24) is 15.2 Å². The van der Waals surface area contributed by atoms with E-state index >= 15 is 0 Å². The Morgan fingerprint density at radius 1 is 1.40 bits per heavy atom. The molecular formula is C15H21N3O2. The maximum atomic E-state index is 11.9. The van der Waals surface area contributed by atoms with Gasteiger partial charge in [-0.2, -0.15) is 0 Å². The van der Waals surface area contributed by atoms with Gasteiger partial charge in [0.05, 0.1) is 0 Å². The highest BCUT2D eigenvalue weighted by atomic mass is 16.2. The number of aromatic nitrogens is 1. The molecule has 0 spiro atoms. The Labute approximate surface area is 119 Å². The van der Waals surface area contributed by atoms with Gasteiger partial charge in [0, 0.05) is 44.9 Å². The standard InChI is InChI=1S/C15H21N3O2/c1-11-9-13(11)15(20)17-8-5-14(19)18(2)10-12-3-6-16-7-4-12/h3-4,6-7,11,13H,5,8-10H2,1-2H3,(H,17,20)/t11-,13+/m0/s1. The lowest BCUT2D eigenvalue weighted by molar-refractivity contribution is -0.130. The highest BCUT2D eigenvalue weighted by Crippen LogP contribution is 2.37. The summed E-state index contributed by atoms with van der Waals surface area (Å²) in [6.45, 7) is 3.05. The fourth-order valence-electron chi connectivity index (χ4n) is 2.15. The molecule has 0 aromatic carbocycles. The van der Waals surface area contributed by atoms with Crippen LogP contribution in [-0.4, -0.2) is 35.3 Å². The van der Waals surface area contributed by atoms with E-state index in [2.05, 4.69) is 17.2 Å². The minimum absolute atomic E-state index is 0.0333. The molecule has 1 heterocycles. The van der Waals surface area contributed by atoms with Crippen molar-refractivity contribution in [2.45, 2.75) is 26.3 Å². The number of carbonyl (C=O) groups excluding carboxylic acids is 2. The van der Waals surface area contributed by atoms with Gasteiger partial charge in [-0.3, -0.25) is 14.6 Å². The molecule has 2 amide bonds. The average molecular weight is 275 g/mol. The number of nitrogens with one attached hydrogen (secondary N) is 1. The Bertz CT molecular complexity index is 475. The molecule has 2 atom stereocenters. The van der Waals surface area contributed by atoms with Crippen LogP contribution in [0.5, 0.6) is 0 Å². The van der Waals surface area contributed by atoms with Crippen molar-refractivity contribution in [3.8, 4) is 0 Å². The average Bonchev–Trinajstić information content (AvgIpc) is 3.17. The van der Waals surface area contributed by atoms with Crippen LogP contribution in [0, 0.1) is 11.8 Å². The number of hydrogen-bond donors (Lipinski definition) is 1. The molecule has 0 bridgehead atoms. The molecule has 1 aromatic heterocycles. The van der Waals surface area contributed by atoms with Crippen LogP contribution < -0.4 is 5.32 Å². The minimum Gasteiger partial charge on any atom is -0.355 e. The molecule has 5 nitrogen and oxygen atoms in total. The van der Waals surface area contributed by atoms with E-state index in [0.29, 0.717) is 25.4 Å². The van der Waals surface area contributed by atoms with Crippen molar-refractivity contribution in [2.75, 3.05) is 13.6 Å². The molecular weight excluding hydrogens is 254 g/mol. The van der Waals surface area contributed by atoms with Crippen LogP contribution in [-0.2, 0) is 16.1 Å². The largest absolute Gasteiger partial charge is 0.355 e. The van der Waals surface area contributed by atoms with Crippen molar-refractivity contribution in [3.05, 3.63) is 30.1 Å². The number of nitrogens with zero attached hydrogens (tertiary/aromatic N) is 2. The third-order valence-corrected chi connectivity index (χ3v) is 3.68. The predicted molar refractivity (Wildman–Crippen MR) is 75.6 cm³/mol. The number of carbonyl (C=O) groups is 2. The van der Waals surface area contributed by atoms with E-state index < -0.39 is 0 Å². The van der Waals surface area contributed by atoms with Gasteiger partial charge < -0.3 is 10.2 Å². The van der Waals surface area contributed by atoms with Crippen molar-refractivity contribution in [1.29, 1.82) is 0 Å². The Hall–Kier alpha value is -1.91. The normalized spacial score (nSPS) is 20.3. The molecule has 5 heteroatoms. The van der Waals surface area contributed by atoms with Gasteiger partial charge in [0.1, 0.15) is 0 Å². The summed E-state index contributed by atoms with van der Waals surface area (Å²) < 4.78 is 0. The molecule has 1 aliphatic rings. The van der Waals surface area contributed by atoms with Gasteiger partial charge in [0.2, 0.25) is 11.8 Å². The lowest BCUT2D eigenvalue weighted by Crippen LogP contribution is -2.32. The summed E-state index contributed by atoms with van der Waals surface area (Å²) in [5, 5.41) is 2.83. The van der Waals surface area contributed by atoms with Crippen molar-refractivity contribution in [3.63, 3.8) is 0 Å². The van der Waals surface area contributed by atoms with Crippen LogP contribution in [0.15, 0.2) is 24.5 Å². The number of pyridine rings is 1. The van der Waals surface area contributed by atoms with Gasteiger partial charge in [-0.25, -0.2) is 0 Å². The van der Waals surface area contributed by atoms with Crippen LogP contribution in [0.4, 0.5) is 0 Å². The number of rotatable bonds is 6. The lowest BCUT2D eigenvalue weighted by Gasteiger charge is -2.17. The number of amides is 2. The summed E-state index contributed by atoms with van der Waals surface area (Å²) in [5.41, 5.74) is 1.05. The molecule has 1 N–H and O–H groups in total. The van der Waals surface area contributed by atoms with Crippen LogP contribution in [0.1, 0.15) is 25.3 Å². The molecule has 1 aromatic rings. The molecule has 0 aliphatic heterocycles. The highest BCUT2D eigenvalue weighted by molar-refractivity contribution is 5.82. The summed E-state index contributed by atoms with van der Waals surface area (Å²) in [4.78, 5) is 29.2. The van der Waals surface area contributed by atoms with Crippen molar-refractivity contribution < 1.29 is 9.59 Å². The first-order valence-corrected chi connectivity index (χ1v) is 6.98. The molecule has 0 unspecified atom stereocenters. The summed E-state index contributed by atoms with van der Waals surface area (Å²) in [6.07, 6.45) is 4.74. The zero-order chi connectivity index (χ0) is 14.5. The molecule has 20 heavy (non-hydrogen) atoms. The Morgan fingerprint density at radius 3 is 2.65 bits per heavy atom. The third kappa shape index (κ3) is 4.05. The van der Waals surface area contributed by atoms with Gasteiger partial charge in [0.15, 0.2) is 0 Å². The molecule has 1 aliphatic carbocycles. The summed E-state index contributed by atoms with van der Waals surface area (Å²) in [6, 6.07) is 3.78. The number of hydrogen-bond acceptors (Lipinski definition) is 3. The highest BCUT2D eigenvalue weighted by Gasteiger charge is 2.38. The Morgan fingerprint density at radius 2 is 2.05 bits per heavy atom. The fraction of sp³-hybridized carbons (Fsp3) is 0.533. The first-order chi connectivity index (χ1) is 9.58. The zero-order valence-corrected chi connectivity index (χ0v) is 12.0. The summed E-state index contributed by atoms with van der Waals surface area (Å²) in [7, 11) is 1.77. The van der Waals surface area contributed by atoms with Crippen molar-refractivity contribution in [2.24, 2.45) is 11.8 Å². The minimum atomic E-state index is 0.0333. The molecule has 0 saturated heterocycles. The first kappa shape index (κ1) is 14.5. The van der Waals surface area contributed by atoms with E-state index in [1.54, 1.807) is 24.3 Å². The van der Waals surface area contributed by atoms with Gasteiger partial charge >= 0.3 is 0 Å². The van der Waals surface area contributed by atoms with Crippen LogP contribution in [0.25, 0.3) is 0 Å². The van der Waals surface area contributed by atoms with Gasteiger partial charge in [0.25, 0.3) is 0 Å². The van der Waals surface area contributed by atoms with E-state index in [0.717, 1.165) is 12.0 Å². The molecule has 0 radical (unpaired) electrons. The van der Waals surface area contributed by atoms with Crippen LogP contribution >= 0.6 is 0 Å². The SMILES string of the molecule is C[C@H]1C[C@H]1C(=O)NCCC(=O)N(C)Cc1ccncc1. The topological polar surface area (TPSA) is 62.3 Å². The van der Waals surface area contributed by atoms with E-state index in [1.165, 1.54) is 0 Å². The van der Waals surface area contributed by atoms with Gasteiger partial charge in [-0.1, -0.05) is 6.92 Å². The van der Waals surface area contributed by atoms with Crippen molar-refractivity contribution >= 4 is 11.8 Å². The monoisotopic (exact) mass is 275 g/mol. The van der Waals surface area contributed by atoms with E-state index in [-0.39, 0.29) is 17.7 Å². The van der Waals surface area contributed by atoms with Crippen LogP contribution in [0.2, 0.25) is 0 Å². The second kappa shape index (κ2) is 6.50. The maximum Gasteiger partial charge on any atom is 0.224 e. The molecule has 2 rings (SSSR count). The summed E-state index contributed by atoms with van der Waals surface area (Å²) >= 11 is 0. The fourth-order valence-corrected chi connectivity index (χ4v) is 2.15. The predicted octanol–water partition coefficient (Wildman–Crippen LogP) is 1.20. The van der Waals surface area contributed by atoms with Crippen LogP contribution in [0.3, 0.4) is 0 Å². The molecule has 108 valence electrons. The molecule has 1 saturated carbocycles. The van der Waals surface area contributed by atoms with E-state index in [9.17, 15) is 9.59 Å². The molecule has 1 fully saturated rings. The second-order valence-corrected chi connectivity index (χ2v) is 5.47. The summed E-state index contributed by atoms with van der Waals surface area (Å²) in [5.74, 6) is 0.785. The Balaban J connectivity index is 1.67.